The Morgan fingerprint density at radius 2 is 1.86 bits per heavy atom. The van der Waals surface area contributed by atoms with Crippen molar-refractivity contribution in [3.05, 3.63) is 58.6 Å². The number of halogens is 1. The highest BCUT2D eigenvalue weighted by Gasteiger charge is 2.13. The summed E-state index contributed by atoms with van der Waals surface area (Å²) < 4.78 is 11.1. The fraction of sp³-hybridized carbons (Fsp3) is 0.294. The van der Waals surface area contributed by atoms with Crippen LogP contribution in [0.25, 0.3) is 0 Å². The summed E-state index contributed by atoms with van der Waals surface area (Å²) in [4.78, 5) is 0. The summed E-state index contributed by atoms with van der Waals surface area (Å²) in [6.07, 6.45) is 0. The highest BCUT2D eigenvalue weighted by atomic mass is 35.5. The fourth-order valence-electron chi connectivity index (χ4n) is 2.40. The minimum absolute atomic E-state index is 0.187. The quantitative estimate of drug-likeness (QED) is 0.927. The molecule has 0 amide bonds. The molecule has 3 rings (SSSR count). The Balaban J connectivity index is 1.66. The monoisotopic (exact) mass is 303 g/mol. The van der Waals surface area contributed by atoms with Crippen LogP contribution in [0.3, 0.4) is 0 Å². The summed E-state index contributed by atoms with van der Waals surface area (Å²) >= 11 is 6.22. The fourth-order valence-corrected chi connectivity index (χ4v) is 2.70. The van der Waals surface area contributed by atoms with Gasteiger partial charge in [-0.05, 0) is 36.2 Å². The number of hydrogen-bond donors (Lipinski definition) is 1. The predicted molar refractivity (Wildman–Crippen MR) is 84.1 cm³/mol. The Labute approximate surface area is 129 Å². The first kappa shape index (κ1) is 14.2. The average Bonchev–Trinajstić information content (AvgIpc) is 2.53. The third kappa shape index (κ3) is 3.31. The van der Waals surface area contributed by atoms with Gasteiger partial charge < -0.3 is 14.8 Å². The van der Waals surface area contributed by atoms with Gasteiger partial charge in [-0.2, -0.15) is 0 Å². The van der Waals surface area contributed by atoms with Gasteiger partial charge in [-0.1, -0.05) is 35.9 Å². The van der Waals surface area contributed by atoms with Gasteiger partial charge in [-0.25, -0.2) is 0 Å². The third-order valence-corrected chi connectivity index (χ3v) is 3.93. The van der Waals surface area contributed by atoms with Gasteiger partial charge in [0.25, 0.3) is 0 Å². The molecule has 0 saturated heterocycles. The van der Waals surface area contributed by atoms with Crippen molar-refractivity contribution in [1.29, 1.82) is 0 Å². The zero-order valence-electron chi connectivity index (χ0n) is 11.9. The van der Waals surface area contributed by atoms with E-state index in [1.165, 1.54) is 0 Å². The SMILES string of the molecule is C[C@@H](NCc1ccc2c(c1)OCCO2)c1ccccc1Cl. The molecular formula is C17H18ClNO2. The molecule has 0 radical (unpaired) electrons. The number of ether oxygens (including phenoxy) is 2. The zero-order chi connectivity index (χ0) is 14.7. The maximum Gasteiger partial charge on any atom is 0.161 e. The van der Waals surface area contributed by atoms with Gasteiger partial charge in [0.05, 0.1) is 0 Å². The van der Waals surface area contributed by atoms with E-state index in [0.717, 1.165) is 34.2 Å². The van der Waals surface area contributed by atoms with Gasteiger partial charge in [0, 0.05) is 17.6 Å². The van der Waals surface area contributed by atoms with Crippen LogP contribution >= 0.6 is 11.6 Å². The summed E-state index contributed by atoms with van der Waals surface area (Å²) in [5, 5.41) is 4.27. The van der Waals surface area contributed by atoms with Crippen LogP contribution in [-0.4, -0.2) is 13.2 Å². The predicted octanol–water partition coefficient (Wildman–Crippen LogP) is 3.96. The normalized spacial score (nSPS) is 14.8. The summed E-state index contributed by atoms with van der Waals surface area (Å²) in [5.41, 5.74) is 2.27. The number of fused-ring (bicyclic) bond motifs is 1. The van der Waals surface area contributed by atoms with E-state index in [1.54, 1.807) is 0 Å². The van der Waals surface area contributed by atoms with Crippen molar-refractivity contribution in [1.82, 2.24) is 5.32 Å². The molecule has 0 fully saturated rings. The highest BCUT2D eigenvalue weighted by molar-refractivity contribution is 6.31. The third-order valence-electron chi connectivity index (χ3n) is 3.59. The minimum Gasteiger partial charge on any atom is -0.486 e. The van der Waals surface area contributed by atoms with E-state index in [-0.39, 0.29) is 6.04 Å². The molecule has 0 unspecified atom stereocenters. The van der Waals surface area contributed by atoms with Crippen molar-refractivity contribution in [2.24, 2.45) is 0 Å². The molecule has 3 nitrogen and oxygen atoms in total. The van der Waals surface area contributed by atoms with Crippen LogP contribution in [0.1, 0.15) is 24.1 Å². The Hall–Kier alpha value is -1.71. The molecule has 1 aliphatic rings. The molecule has 1 heterocycles. The lowest BCUT2D eigenvalue weighted by Crippen LogP contribution is -2.19. The topological polar surface area (TPSA) is 30.5 Å². The molecule has 0 aliphatic carbocycles. The van der Waals surface area contributed by atoms with Crippen molar-refractivity contribution in [2.45, 2.75) is 19.5 Å². The van der Waals surface area contributed by atoms with E-state index in [9.17, 15) is 0 Å². The number of nitrogens with one attached hydrogen (secondary N) is 1. The number of hydrogen-bond acceptors (Lipinski definition) is 3. The lowest BCUT2D eigenvalue weighted by atomic mass is 10.1. The molecule has 1 aliphatic heterocycles. The van der Waals surface area contributed by atoms with Crippen molar-refractivity contribution in [2.75, 3.05) is 13.2 Å². The van der Waals surface area contributed by atoms with E-state index in [1.807, 2.05) is 36.4 Å². The molecule has 1 atom stereocenters. The van der Waals surface area contributed by atoms with Crippen LogP contribution in [0.4, 0.5) is 0 Å². The molecule has 21 heavy (non-hydrogen) atoms. The molecule has 1 N–H and O–H groups in total. The second-order valence-electron chi connectivity index (χ2n) is 5.10. The van der Waals surface area contributed by atoms with Crippen molar-refractivity contribution < 1.29 is 9.47 Å². The Kier molecular flexibility index (Phi) is 4.32. The van der Waals surface area contributed by atoms with Crippen molar-refractivity contribution in [3.63, 3.8) is 0 Å². The van der Waals surface area contributed by atoms with Crippen molar-refractivity contribution in [3.8, 4) is 11.5 Å². The Bertz CT molecular complexity index is 630. The highest BCUT2D eigenvalue weighted by Crippen LogP contribution is 2.31. The van der Waals surface area contributed by atoms with Crippen LogP contribution in [0.5, 0.6) is 11.5 Å². The molecule has 4 heteroatoms. The van der Waals surface area contributed by atoms with Crippen LogP contribution in [0, 0.1) is 0 Å². The molecule has 2 aromatic rings. The Morgan fingerprint density at radius 1 is 1.10 bits per heavy atom. The molecule has 110 valence electrons. The Morgan fingerprint density at radius 3 is 2.67 bits per heavy atom. The minimum atomic E-state index is 0.187. The van der Waals surface area contributed by atoms with Gasteiger partial charge in [0.1, 0.15) is 13.2 Å². The summed E-state index contributed by atoms with van der Waals surface area (Å²) in [5.74, 6) is 1.65. The number of rotatable bonds is 4. The molecule has 0 bridgehead atoms. The van der Waals surface area contributed by atoms with E-state index in [2.05, 4.69) is 18.3 Å². The smallest absolute Gasteiger partial charge is 0.161 e. The first-order valence-corrected chi connectivity index (χ1v) is 7.48. The molecule has 0 spiro atoms. The van der Waals surface area contributed by atoms with E-state index in [0.29, 0.717) is 13.2 Å². The first-order chi connectivity index (χ1) is 10.2. The van der Waals surface area contributed by atoms with E-state index in [4.69, 9.17) is 21.1 Å². The van der Waals surface area contributed by atoms with Crippen LogP contribution in [-0.2, 0) is 6.54 Å². The number of benzene rings is 2. The standard InChI is InChI=1S/C17H18ClNO2/c1-12(14-4-2-3-5-15(14)18)19-11-13-6-7-16-17(10-13)21-9-8-20-16/h2-7,10,12,19H,8-9,11H2,1H3/t12-/m1/s1. The lowest BCUT2D eigenvalue weighted by molar-refractivity contribution is 0.171. The molecule has 0 aromatic heterocycles. The molecule has 0 saturated carbocycles. The second kappa shape index (κ2) is 6.37. The summed E-state index contributed by atoms with van der Waals surface area (Å²) in [7, 11) is 0. The maximum atomic E-state index is 6.22. The van der Waals surface area contributed by atoms with Crippen LogP contribution in [0.15, 0.2) is 42.5 Å². The van der Waals surface area contributed by atoms with Crippen molar-refractivity contribution >= 4 is 11.6 Å². The zero-order valence-corrected chi connectivity index (χ0v) is 12.7. The second-order valence-corrected chi connectivity index (χ2v) is 5.51. The summed E-state index contributed by atoms with van der Waals surface area (Å²) in [6, 6.07) is 14.1. The van der Waals surface area contributed by atoms with Gasteiger partial charge in [0.15, 0.2) is 11.5 Å². The maximum absolute atomic E-state index is 6.22. The van der Waals surface area contributed by atoms with Gasteiger partial charge >= 0.3 is 0 Å². The van der Waals surface area contributed by atoms with E-state index < -0.39 is 0 Å². The largest absolute Gasteiger partial charge is 0.486 e. The van der Waals surface area contributed by atoms with Gasteiger partial charge in [-0.15, -0.1) is 0 Å². The average molecular weight is 304 g/mol. The first-order valence-electron chi connectivity index (χ1n) is 7.10. The van der Waals surface area contributed by atoms with E-state index >= 15 is 0 Å². The lowest BCUT2D eigenvalue weighted by Gasteiger charge is -2.20. The van der Waals surface area contributed by atoms with Crippen LogP contribution < -0.4 is 14.8 Å². The van der Waals surface area contributed by atoms with Gasteiger partial charge in [0.2, 0.25) is 0 Å². The molecule has 2 aromatic carbocycles. The van der Waals surface area contributed by atoms with Gasteiger partial charge in [-0.3, -0.25) is 0 Å². The summed E-state index contributed by atoms with van der Waals surface area (Å²) in [6.45, 7) is 4.09. The molecular weight excluding hydrogens is 286 g/mol. The van der Waals surface area contributed by atoms with Crippen LogP contribution in [0.2, 0.25) is 5.02 Å².